The Balaban J connectivity index is 2.61. The Hall–Kier alpha value is -0.570. The molecule has 0 heterocycles. The first kappa shape index (κ1) is 13.5. The second-order valence-electron chi connectivity index (χ2n) is 4.17. The molecule has 16 heavy (non-hydrogen) atoms. The highest BCUT2D eigenvalue weighted by Crippen LogP contribution is 2.18. The van der Waals surface area contributed by atoms with Gasteiger partial charge < -0.3 is 10.1 Å². The zero-order valence-electron chi connectivity index (χ0n) is 10.3. The third-order valence-corrected chi connectivity index (χ3v) is 3.17. The van der Waals surface area contributed by atoms with Gasteiger partial charge in [0.15, 0.2) is 0 Å². The molecule has 0 aliphatic carbocycles. The highest BCUT2D eigenvalue weighted by atomic mass is 35.5. The minimum absolute atomic E-state index is 0.196. The highest BCUT2D eigenvalue weighted by Gasteiger charge is 2.14. The summed E-state index contributed by atoms with van der Waals surface area (Å²) < 4.78 is 5.28. The van der Waals surface area contributed by atoms with E-state index in [2.05, 4.69) is 32.2 Å². The Bertz CT molecular complexity index is 329. The van der Waals surface area contributed by atoms with Gasteiger partial charge in [0.25, 0.3) is 0 Å². The van der Waals surface area contributed by atoms with Gasteiger partial charge in [0.2, 0.25) is 0 Å². The number of nitrogens with one attached hydrogen (secondary N) is 1. The second kappa shape index (κ2) is 6.24. The molecule has 0 bridgehead atoms. The number of ether oxygens (including phenoxy) is 1. The van der Waals surface area contributed by atoms with Gasteiger partial charge in [-0.3, -0.25) is 0 Å². The molecular weight excluding hydrogens is 222 g/mol. The summed E-state index contributed by atoms with van der Waals surface area (Å²) in [6.07, 6.45) is 0.196. The van der Waals surface area contributed by atoms with Gasteiger partial charge in [-0.05, 0) is 38.5 Å². The molecule has 2 nitrogen and oxygen atoms in total. The molecule has 90 valence electrons. The Morgan fingerprint density at radius 2 is 1.94 bits per heavy atom. The van der Waals surface area contributed by atoms with Crippen LogP contribution in [0, 0.1) is 0 Å². The van der Waals surface area contributed by atoms with Gasteiger partial charge in [-0.2, -0.15) is 0 Å². The lowest BCUT2D eigenvalue weighted by Gasteiger charge is -2.24. The van der Waals surface area contributed by atoms with Crippen LogP contribution in [0.5, 0.6) is 0 Å². The Morgan fingerprint density at radius 1 is 1.25 bits per heavy atom. The van der Waals surface area contributed by atoms with Crippen molar-refractivity contribution in [1.29, 1.82) is 0 Å². The maximum Gasteiger partial charge on any atom is 0.0693 e. The first-order valence-electron chi connectivity index (χ1n) is 5.59. The lowest BCUT2D eigenvalue weighted by atomic mass is 10.1. The summed E-state index contributed by atoms with van der Waals surface area (Å²) in [7, 11) is 1.73. The fourth-order valence-electron chi connectivity index (χ4n) is 1.61. The fraction of sp³-hybridized carbons (Fsp3) is 0.538. The van der Waals surface area contributed by atoms with Crippen LogP contribution in [0.4, 0.5) is 0 Å². The van der Waals surface area contributed by atoms with E-state index >= 15 is 0 Å². The van der Waals surface area contributed by atoms with Crippen molar-refractivity contribution in [3.8, 4) is 0 Å². The number of methoxy groups -OCH3 is 1. The van der Waals surface area contributed by atoms with Crippen molar-refractivity contribution in [3.63, 3.8) is 0 Å². The number of benzene rings is 1. The Kier molecular flexibility index (Phi) is 5.26. The first-order valence-corrected chi connectivity index (χ1v) is 5.96. The van der Waals surface area contributed by atoms with Gasteiger partial charge >= 0.3 is 0 Å². The number of hydrogen-bond acceptors (Lipinski definition) is 2. The van der Waals surface area contributed by atoms with Crippen LogP contribution >= 0.6 is 11.6 Å². The second-order valence-corrected chi connectivity index (χ2v) is 4.61. The van der Waals surface area contributed by atoms with Crippen molar-refractivity contribution in [1.82, 2.24) is 5.32 Å². The molecule has 3 heteroatoms. The van der Waals surface area contributed by atoms with E-state index in [1.807, 2.05) is 18.2 Å². The van der Waals surface area contributed by atoms with Crippen LogP contribution in [0.1, 0.15) is 32.4 Å². The number of halogens is 1. The molecule has 0 aliphatic heterocycles. The monoisotopic (exact) mass is 241 g/mol. The predicted octanol–water partition coefficient (Wildman–Crippen LogP) is 3.41. The third-order valence-electron chi connectivity index (χ3n) is 2.94. The van der Waals surface area contributed by atoms with Crippen molar-refractivity contribution >= 4 is 11.6 Å². The molecule has 0 aromatic heterocycles. The highest BCUT2D eigenvalue weighted by molar-refractivity contribution is 6.30. The van der Waals surface area contributed by atoms with Crippen LogP contribution in [-0.4, -0.2) is 19.3 Å². The van der Waals surface area contributed by atoms with E-state index in [0.717, 1.165) is 5.02 Å². The largest absolute Gasteiger partial charge is 0.380 e. The fourth-order valence-corrected chi connectivity index (χ4v) is 1.80. The molecule has 1 aromatic carbocycles. The molecule has 1 aromatic rings. The van der Waals surface area contributed by atoms with E-state index in [1.165, 1.54) is 5.56 Å². The molecule has 0 amide bonds. The number of hydrogen-bond donors (Lipinski definition) is 1. The Morgan fingerprint density at radius 3 is 2.50 bits per heavy atom. The lowest BCUT2D eigenvalue weighted by molar-refractivity contribution is 0.0852. The van der Waals surface area contributed by atoms with Gasteiger partial charge in [-0.15, -0.1) is 0 Å². The summed E-state index contributed by atoms with van der Waals surface area (Å²) in [5.41, 5.74) is 1.20. The maximum atomic E-state index is 5.96. The van der Waals surface area contributed by atoms with E-state index < -0.39 is 0 Å². The summed E-state index contributed by atoms with van der Waals surface area (Å²) >= 11 is 5.96. The van der Waals surface area contributed by atoms with Gasteiger partial charge in [-0.25, -0.2) is 0 Å². The van der Waals surface area contributed by atoms with Crippen molar-refractivity contribution in [2.45, 2.75) is 39.0 Å². The maximum absolute atomic E-state index is 5.96. The van der Waals surface area contributed by atoms with Gasteiger partial charge in [0.1, 0.15) is 0 Å². The lowest BCUT2D eigenvalue weighted by Crippen LogP contribution is -2.38. The van der Waals surface area contributed by atoms with Crippen molar-refractivity contribution in [3.05, 3.63) is 34.9 Å². The molecule has 0 spiro atoms. The topological polar surface area (TPSA) is 21.3 Å². The van der Waals surface area contributed by atoms with Crippen molar-refractivity contribution < 1.29 is 4.74 Å². The minimum atomic E-state index is 0.196. The first-order chi connectivity index (χ1) is 7.54. The quantitative estimate of drug-likeness (QED) is 0.853. The average Bonchev–Trinajstić information content (AvgIpc) is 2.27. The van der Waals surface area contributed by atoms with Crippen molar-refractivity contribution in [2.24, 2.45) is 0 Å². The van der Waals surface area contributed by atoms with Gasteiger partial charge in [0, 0.05) is 24.2 Å². The van der Waals surface area contributed by atoms with E-state index in [4.69, 9.17) is 16.3 Å². The molecule has 0 radical (unpaired) electrons. The zero-order valence-corrected chi connectivity index (χ0v) is 11.1. The van der Waals surface area contributed by atoms with E-state index in [1.54, 1.807) is 7.11 Å². The molecule has 0 fully saturated rings. The zero-order chi connectivity index (χ0) is 12.1. The van der Waals surface area contributed by atoms with Crippen LogP contribution in [-0.2, 0) is 4.74 Å². The van der Waals surface area contributed by atoms with Gasteiger partial charge in [-0.1, -0.05) is 23.7 Å². The summed E-state index contributed by atoms with van der Waals surface area (Å²) in [4.78, 5) is 0. The molecule has 1 N–H and O–H groups in total. The summed E-state index contributed by atoms with van der Waals surface area (Å²) in [5, 5.41) is 4.27. The molecule has 0 saturated carbocycles. The number of rotatable bonds is 5. The van der Waals surface area contributed by atoms with E-state index in [-0.39, 0.29) is 12.1 Å². The van der Waals surface area contributed by atoms with E-state index in [0.29, 0.717) is 6.04 Å². The molecular formula is C13H20ClNO. The molecule has 0 aliphatic rings. The summed E-state index contributed by atoms with van der Waals surface area (Å²) in [6.45, 7) is 6.31. The Labute approximate surface area is 103 Å². The summed E-state index contributed by atoms with van der Waals surface area (Å²) in [6, 6.07) is 8.50. The minimum Gasteiger partial charge on any atom is -0.380 e. The standard InChI is InChI=1S/C13H20ClNO/c1-9(11(3)16-4)15-10(2)12-6-5-7-13(14)8-12/h5-11,15H,1-4H3. The SMILES string of the molecule is COC(C)C(C)NC(C)c1cccc(Cl)c1. The molecule has 1 rings (SSSR count). The van der Waals surface area contributed by atoms with Crippen LogP contribution < -0.4 is 5.32 Å². The molecule has 0 saturated heterocycles. The normalized spacial score (nSPS) is 16.8. The smallest absolute Gasteiger partial charge is 0.0693 e. The molecule has 3 unspecified atom stereocenters. The predicted molar refractivity (Wildman–Crippen MR) is 68.9 cm³/mol. The van der Waals surface area contributed by atoms with Crippen LogP contribution in [0.25, 0.3) is 0 Å². The van der Waals surface area contributed by atoms with E-state index in [9.17, 15) is 0 Å². The van der Waals surface area contributed by atoms with Crippen molar-refractivity contribution in [2.75, 3.05) is 7.11 Å². The molecule has 3 atom stereocenters. The average molecular weight is 242 g/mol. The van der Waals surface area contributed by atoms with Crippen LogP contribution in [0.3, 0.4) is 0 Å². The van der Waals surface area contributed by atoms with Crippen LogP contribution in [0.15, 0.2) is 24.3 Å². The van der Waals surface area contributed by atoms with Crippen LogP contribution in [0.2, 0.25) is 5.02 Å². The third kappa shape index (κ3) is 3.78. The summed E-state index contributed by atoms with van der Waals surface area (Å²) in [5.74, 6) is 0. The van der Waals surface area contributed by atoms with Gasteiger partial charge in [0.05, 0.1) is 6.10 Å².